The van der Waals surface area contributed by atoms with Crippen LogP contribution in [0, 0.1) is 5.82 Å². The summed E-state index contributed by atoms with van der Waals surface area (Å²) in [7, 11) is 0. The van der Waals surface area contributed by atoms with Crippen LogP contribution in [-0.2, 0) is 0 Å². The first-order chi connectivity index (χ1) is 7.34. The zero-order valence-corrected chi connectivity index (χ0v) is 8.54. The number of halogens is 1. The Balaban J connectivity index is 1.92. The van der Waals surface area contributed by atoms with Gasteiger partial charge >= 0.3 is 0 Å². The SMILES string of the molecule is Fc1cnc(NC2CCCNCC2)nc1. The van der Waals surface area contributed by atoms with Crippen LogP contribution in [0.3, 0.4) is 0 Å². The Kier molecular flexibility index (Phi) is 3.45. The van der Waals surface area contributed by atoms with E-state index >= 15 is 0 Å². The highest BCUT2D eigenvalue weighted by atomic mass is 19.1. The number of anilines is 1. The minimum Gasteiger partial charge on any atom is -0.351 e. The van der Waals surface area contributed by atoms with E-state index in [0.29, 0.717) is 12.0 Å². The lowest BCUT2D eigenvalue weighted by Gasteiger charge is -2.15. The fourth-order valence-corrected chi connectivity index (χ4v) is 1.73. The minimum atomic E-state index is -0.400. The number of nitrogens with one attached hydrogen (secondary N) is 2. The second-order valence-corrected chi connectivity index (χ2v) is 3.75. The summed E-state index contributed by atoms with van der Waals surface area (Å²) in [6.45, 7) is 2.08. The monoisotopic (exact) mass is 210 g/mol. The predicted molar refractivity (Wildman–Crippen MR) is 56.1 cm³/mol. The molecule has 0 spiro atoms. The van der Waals surface area contributed by atoms with Gasteiger partial charge in [0.05, 0.1) is 12.4 Å². The van der Waals surface area contributed by atoms with Gasteiger partial charge in [-0.1, -0.05) is 0 Å². The zero-order valence-electron chi connectivity index (χ0n) is 8.54. The standard InChI is InChI=1S/C10H15FN4/c11-8-6-13-10(14-7-8)15-9-2-1-4-12-5-3-9/h6-7,9,12H,1-5H2,(H,13,14,15). The van der Waals surface area contributed by atoms with Gasteiger partial charge in [-0.25, -0.2) is 14.4 Å². The van der Waals surface area contributed by atoms with E-state index in [1.54, 1.807) is 0 Å². The van der Waals surface area contributed by atoms with Crippen LogP contribution in [0.15, 0.2) is 12.4 Å². The summed E-state index contributed by atoms with van der Waals surface area (Å²) in [5.74, 6) is 0.117. The van der Waals surface area contributed by atoms with Gasteiger partial charge in [0.15, 0.2) is 5.82 Å². The molecule has 0 saturated carbocycles. The third kappa shape index (κ3) is 3.13. The number of aromatic nitrogens is 2. The molecule has 1 aliphatic rings. The topological polar surface area (TPSA) is 49.8 Å². The van der Waals surface area contributed by atoms with Crippen molar-refractivity contribution < 1.29 is 4.39 Å². The number of hydrogen-bond donors (Lipinski definition) is 2. The second-order valence-electron chi connectivity index (χ2n) is 3.75. The zero-order chi connectivity index (χ0) is 10.5. The summed E-state index contributed by atoms with van der Waals surface area (Å²) >= 11 is 0. The number of rotatable bonds is 2. The first-order valence-electron chi connectivity index (χ1n) is 5.29. The van der Waals surface area contributed by atoms with E-state index in [2.05, 4.69) is 20.6 Å². The molecule has 15 heavy (non-hydrogen) atoms. The average Bonchev–Trinajstić information content (AvgIpc) is 2.50. The van der Waals surface area contributed by atoms with Crippen molar-refractivity contribution in [2.75, 3.05) is 18.4 Å². The molecule has 0 amide bonds. The number of hydrogen-bond acceptors (Lipinski definition) is 4. The Morgan fingerprint density at radius 3 is 2.87 bits per heavy atom. The van der Waals surface area contributed by atoms with Gasteiger partial charge in [-0.05, 0) is 32.4 Å². The Morgan fingerprint density at radius 2 is 2.07 bits per heavy atom. The average molecular weight is 210 g/mol. The normalized spacial score (nSPS) is 22.1. The van der Waals surface area contributed by atoms with Gasteiger partial charge < -0.3 is 10.6 Å². The van der Waals surface area contributed by atoms with Crippen molar-refractivity contribution in [2.24, 2.45) is 0 Å². The molecule has 1 fully saturated rings. The van der Waals surface area contributed by atoms with E-state index in [1.165, 1.54) is 12.4 Å². The lowest BCUT2D eigenvalue weighted by atomic mass is 10.1. The fraction of sp³-hybridized carbons (Fsp3) is 0.600. The maximum atomic E-state index is 12.6. The van der Waals surface area contributed by atoms with Crippen molar-refractivity contribution in [3.05, 3.63) is 18.2 Å². The molecule has 0 radical (unpaired) electrons. The van der Waals surface area contributed by atoms with Crippen LogP contribution in [-0.4, -0.2) is 29.1 Å². The summed E-state index contributed by atoms with van der Waals surface area (Å²) in [5, 5.41) is 6.55. The van der Waals surface area contributed by atoms with E-state index in [-0.39, 0.29) is 0 Å². The van der Waals surface area contributed by atoms with Crippen LogP contribution in [0.25, 0.3) is 0 Å². The Morgan fingerprint density at radius 1 is 1.27 bits per heavy atom. The van der Waals surface area contributed by atoms with E-state index in [0.717, 1.165) is 32.4 Å². The van der Waals surface area contributed by atoms with Gasteiger partial charge in [0.25, 0.3) is 0 Å². The summed E-state index contributed by atoms with van der Waals surface area (Å²) in [4.78, 5) is 7.77. The summed E-state index contributed by atoms with van der Waals surface area (Å²) < 4.78 is 12.6. The summed E-state index contributed by atoms with van der Waals surface area (Å²) in [6, 6.07) is 0.394. The van der Waals surface area contributed by atoms with Crippen LogP contribution in [0.4, 0.5) is 10.3 Å². The summed E-state index contributed by atoms with van der Waals surface area (Å²) in [5.41, 5.74) is 0. The molecule has 5 heteroatoms. The Labute approximate surface area is 88.3 Å². The van der Waals surface area contributed by atoms with E-state index in [9.17, 15) is 4.39 Å². The minimum absolute atomic E-state index is 0.394. The van der Waals surface area contributed by atoms with Gasteiger partial charge in [-0.3, -0.25) is 0 Å². The van der Waals surface area contributed by atoms with Gasteiger partial charge in [-0.15, -0.1) is 0 Å². The molecule has 1 aliphatic heterocycles. The molecule has 4 nitrogen and oxygen atoms in total. The van der Waals surface area contributed by atoms with Gasteiger partial charge in [0, 0.05) is 6.04 Å². The molecule has 1 atom stereocenters. The molecule has 0 bridgehead atoms. The van der Waals surface area contributed by atoms with Gasteiger partial charge in [-0.2, -0.15) is 0 Å². The van der Waals surface area contributed by atoms with Crippen LogP contribution in [0.5, 0.6) is 0 Å². The Bertz CT molecular complexity index is 293. The Hall–Kier alpha value is -1.23. The molecule has 82 valence electrons. The van der Waals surface area contributed by atoms with Crippen LogP contribution in [0.1, 0.15) is 19.3 Å². The predicted octanol–water partition coefficient (Wildman–Crippen LogP) is 1.17. The van der Waals surface area contributed by atoms with Crippen LogP contribution in [0.2, 0.25) is 0 Å². The first kappa shape index (κ1) is 10.3. The van der Waals surface area contributed by atoms with Crippen molar-refractivity contribution in [3.8, 4) is 0 Å². The van der Waals surface area contributed by atoms with Crippen molar-refractivity contribution in [2.45, 2.75) is 25.3 Å². The molecule has 2 heterocycles. The molecule has 1 aromatic heterocycles. The third-order valence-electron chi connectivity index (χ3n) is 2.53. The van der Waals surface area contributed by atoms with E-state index < -0.39 is 5.82 Å². The molecular formula is C10H15FN4. The fourth-order valence-electron chi connectivity index (χ4n) is 1.73. The van der Waals surface area contributed by atoms with Crippen molar-refractivity contribution in [3.63, 3.8) is 0 Å². The molecule has 2 rings (SSSR count). The highest BCUT2D eigenvalue weighted by molar-refractivity contribution is 5.24. The second kappa shape index (κ2) is 5.02. The van der Waals surface area contributed by atoms with Gasteiger partial charge in [0.1, 0.15) is 0 Å². The quantitative estimate of drug-likeness (QED) is 0.769. The van der Waals surface area contributed by atoms with E-state index in [1.807, 2.05) is 0 Å². The van der Waals surface area contributed by atoms with Crippen LogP contribution < -0.4 is 10.6 Å². The highest BCUT2D eigenvalue weighted by Crippen LogP contribution is 2.10. The maximum Gasteiger partial charge on any atom is 0.222 e. The third-order valence-corrected chi connectivity index (χ3v) is 2.53. The van der Waals surface area contributed by atoms with Crippen molar-refractivity contribution in [1.29, 1.82) is 0 Å². The molecular weight excluding hydrogens is 195 g/mol. The van der Waals surface area contributed by atoms with E-state index in [4.69, 9.17) is 0 Å². The van der Waals surface area contributed by atoms with Crippen molar-refractivity contribution in [1.82, 2.24) is 15.3 Å². The maximum absolute atomic E-state index is 12.6. The molecule has 0 aliphatic carbocycles. The molecule has 1 saturated heterocycles. The molecule has 1 unspecified atom stereocenters. The molecule has 2 N–H and O–H groups in total. The van der Waals surface area contributed by atoms with Crippen molar-refractivity contribution >= 4 is 5.95 Å². The highest BCUT2D eigenvalue weighted by Gasteiger charge is 2.12. The number of nitrogens with zero attached hydrogens (tertiary/aromatic N) is 2. The smallest absolute Gasteiger partial charge is 0.222 e. The van der Waals surface area contributed by atoms with Gasteiger partial charge in [0.2, 0.25) is 5.95 Å². The van der Waals surface area contributed by atoms with Crippen LogP contribution >= 0.6 is 0 Å². The lowest BCUT2D eigenvalue weighted by molar-refractivity contribution is 0.606. The summed E-state index contributed by atoms with van der Waals surface area (Å²) in [6.07, 6.45) is 5.68. The lowest BCUT2D eigenvalue weighted by Crippen LogP contribution is -2.22. The molecule has 1 aromatic rings. The largest absolute Gasteiger partial charge is 0.351 e. The molecule has 0 aromatic carbocycles. The first-order valence-corrected chi connectivity index (χ1v) is 5.29.